The zero-order valence-electron chi connectivity index (χ0n) is 18.4. The number of carboxylic acid groups (broad SMARTS) is 1. The number of aliphatic hydroxyl groups is 1. The van der Waals surface area contributed by atoms with Crippen molar-refractivity contribution in [1.82, 2.24) is 25.9 Å². The van der Waals surface area contributed by atoms with Gasteiger partial charge in [0.25, 0.3) is 0 Å². The third-order valence-electron chi connectivity index (χ3n) is 4.69. The van der Waals surface area contributed by atoms with Gasteiger partial charge in [-0.25, -0.2) is 9.78 Å². The van der Waals surface area contributed by atoms with E-state index in [2.05, 4.69) is 25.9 Å². The second-order valence-corrected chi connectivity index (χ2v) is 7.77. The topological polar surface area (TPSA) is 243 Å². The Morgan fingerprint density at radius 2 is 1.70 bits per heavy atom. The van der Waals surface area contributed by atoms with Crippen LogP contribution in [0.15, 0.2) is 12.5 Å². The van der Waals surface area contributed by atoms with Crippen molar-refractivity contribution in [1.29, 1.82) is 0 Å². The van der Waals surface area contributed by atoms with Gasteiger partial charge in [-0.3, -0.25) is 19.2 Å². The Labute approximate surface area is 189 Å². The van der Waals surface area contributed by atoms with Crippen molar-refractivity contribution in [2.75, 3.05) is 6.61 Å². The fraction of sp³-hybridized carbons (Fsp3) is 0.579. The van der Waals surface area contributed by atoms with Gasteiger partial charge >= 0.3 is 5.97 Å². The van der Waals surface area contributed by atoms with Gasteiger partial charge in [-0.05, 0) is 12.3 Å². The quantitative estimate of drug-likeness (QED) is 0.136. The molecule has 0 radical (unpaired) electrons. The molecule has 1 heterocycles. The van der Waals surface area contributed by atoms with Gasteiger partial charge in [0.05, 0.1) is 12.9 Å². The van der Waals surface area contributed by atoms with E-state index in [1.807, 2.05) is 0 Å². The maximum absolute atomic E-state index is 12.9. The number of amides is 4. The maximum atomic E-state index is 12.9. The fourth-order valence-corrected chi connectivity index (χ4v) is 2.78. The van der Waals surface area contributed by atoms with E-state index in [1.165, 1.54) is 12.5 Å². The minimum absolute atomic E-state index is 0.0609. The largest absolute Gasteiger partial charge is 0.480 e. The van der Waals surface area contributed by atoms with Gasteiger partial charge < -0.3 is 42.6 Å². The molecule has 0 bridgehead atoms. The van der Waals surface area contributed by atoms with Crippen molar-refractivity contribution in [2.24, 2.45) is 17.4 Å². The molecule has 0 saturated carbocycles. The first-order valence-corrected chi connectivity index (χ1v) is 10.2. The summed E-state index contributed by atoms with van der Waals surface area (Å²) in [7, 11) is 0. The van der Waals surface area contributed by atoms with Gasteiger partial charge in [0.1, 0.15) is 24.2 Å². The maximum Gasteiger partial charge on any atom is 0.326 e. The first-order chi connectivity index (χ1) is 15.5. The molecule has 4 atom stereocenters. The molecule has 33 heavy (non-hydrogen) atoms. The third kappa shape index (κ3) is 9.24. The lowest BCUT2D eigenvalue weighted by molar-refractivity contribution is -0.142. The van der Waals surface area contributed by atoms with Gasteiger partial charge in [0, 0.05) is 24.7 Å². The van der Waals surface area contributed by atoms with Crippen LogP contribution in [0.1, 0.15) is 32.4 Å². The lowest BCUT2D eigenvalue weighted by Crippen LogP contribution is -2.59. The second kappa shape index (κ2) is 13.1. The van der Waals surface area contributed by atoms with Crippen molar-refractivity contribution in [3.63, 3.8) is 0 Å². The summed E-state index contributed by atoms with van der Waals surface area (Å²) in [4.78, 5) is 66.9. The molecule has 0 aromatic carbocycles. The van der Waals surface area contributed by atoms with E-state index in [4.69, 9.17) is 16.6 Å². The number of nitrogens with zero attached hydrogens (tertiary/aromatic N) is 1. The van der Waals surface area contributed by atoms with Crippen molar-refractivity contribution in [3.05, 3.63) is 18.2 Å². The molecule has 184 valence electrons. The van der Waals surface area contributed by atoms with Gasteiger partial charge in [0.2, 0.25) is 23.6 Å². The predicted molar refractivity (Wildman–Crippen MR) is 114 cm³/mol. The first kappa shape index (κ1) is 27.5. The molecule has 4 unspecified atom stereocenters. The van der Waals surface area contributed by atoms with Crippen LogP contribution in [-0.2, 0) is 30.4 Å². The fourth-order valence-electron chi connectivity index (χ4n) is 2.78. The number of primary amides is 1. The number of aromatic amines is 1. The molecule has 0 saturated heterocycles. The summed E-state index contributed by atoms with van der Waals surface area (Å²) in [5.74, 6) is -4.80. The van der Waals surface area contributed by atoms with Crippen LogP contribution in [-0.4, -0.2) is 80.6 Å². The number of hydrogen-bond donors (Lipinski definition) is 8. The van der Waals surface area contributed by atoms with E-state index in [0.29, 0.717) is 5.69 Å². The van der Waals surface area contributed by atoms with Crippen LogP contribution in [0.25, 0.3) is 0 Å². The van der Waals surface area contributed by atoms with Gasteiger partial charge in [-0.15, -0.1) is 0 Å². The molecule has 14 nitrogen and oxygen atoms in total. The minimum Gasteiger partial charge on any atom is -0.480 e. The Balaban J connectivity index is 3.03. The number of carboxylic acids is 1. The highest BCUT2D eigenvalue weighted by Crippen LogP contribution is 2.07. The number of carbonyl (C=O) groups excluding carboxylic acids is 4. The molecular weight excluding hydrogens is 438 g/mol. The number of H-pyrrole nitrogens is 1. The Kier molecular flexibility index (Phi) is 10.9. The van der Waals surface area contributed by atoms with Gasteiger partial charge in [-0.1, -0.05) is 13.8 Å². The summed E-state index contributed by atoms with van der Waals surface area (Å²) in [6, 6.07) is -4.96. The molecule has 0 fully saturated rings. The number of nitrogens with one attached hydrogen (secondary N) is 4. The summed E-state index contributed by atoms with van der Waals surface area (Å²) in [5, 5.41) is 25.6. The number of aromatic nitrogens is 2. The normalized spacial score (nSPS) is 14.6. The van der Waals surface area contributed by atoms with E-state index in [0.717, 1.165) is 0 Å². The summed E-state index contributed by atoms with van der Waals surface area (Å²) in [5.41, 5.74) is 11.0. The van der Waals surface area contributed by atoms with Crippen LogP contribution in [0.4, 0.5) is 0 Å². The van der Waals surface area contributed by atoms with Crippen molar-refractivity contribution in [3.8, 4) is 0 Å². The van der Waals surface area contributed by atoms with Crippen LogP contribution in [0, 0.1) is 5.92 Å². The van der Waals surface area contributed by atoms with E-state index in [1.54, 1.807) is 13.8 Å². The minimum atomic E-state index is -1.41. The average molecular weight is 469 g/mol. The monoisotopic (exact) mass is 469 g/mol. The molecule has 4 amide bonds. The lowest BCUT2D eigenvalue weighted by Gasteiger charge is -2.26. The molecular formula is C19H31N7O7. The van der Waals surface area contributed by atoms with Crippen molar-refractivity contribution < 1.29 is 34.2 Å². The van der Waals surface area contributed by atoms with E-state index >= 15 is 0 Å². The molecule has 1 aromatic heterocycles. The summed E-state index contributed by atoms with van der Waals surface area (Å²) in [6.07, 6.45) is 2.24. The van der Waals surface area contributed by atoms with Crippen LogP contribution in [0.3, 0.4) is 0 Å². The van der Waals surface area contributed by atoms with Crippen LogP contribution < -0.4 is 27.4 Å². The molecule has 0 aliphatic rings. The van der Waals surface area contributed by atoms with Crippen molar-refractivity contribution in [2.45, 2.75) is 57.3 Å². The third-order valence-corrected chi connectivity index (χ3v) is 4.69. The molecule has 0 spiro atoms. The molecule has 10 N–H and O–H groups in total. The Hall–Kier alpha value is -3.52. The number of nitrogens with two attached hydrogens (primary N) is 2. The number of aliphatic hydroxyl groups excluding tert-OH is 1. The first-order valence-electron chi connectivity index (χ1n) is 10.2. The summed E-state index contributed by atoms with van der Waals surface area (Å²) < 4.78 is 0. The lowest BCUT2D eigenvalue weighted by atomic mass is 10.0. The number of hydrogen-bond acceptors (Lipinski definition) is 8. The van der Waals surface area contributed by atoms with E-state index < -0.39 is 66.3 Å². The highest BCUT2D eigenvalue weighted by molar-refractivity contribution is 5.94. The average Bonchev–Trinajstić information content (AvgIpc) is 3.25. The highest BCUT2D eigenvalue weighted by atomic mass is 16.4. The zero-order chi connectivity index (χ0) is 25.1. The summed E-state index contributed by atoms with van der Waals surface area (Å²) in [6.45, 7) is 2.69. The molecule has 1 aromatic rings. The second-order valence-electron chi connectivity index (χ2n) is 7.77. The zero-order valence-corrected chi connectivity index (χ0v) is 18.4. The predicted octanol–water partition coefficient (Wildman–Crippen LogP) is -3.27. The molecule has 1 rings (SSSR count). The molecule has 0 aliphatic heterocycles. The Bertz CT molecular complexity index is 828. The summed E-state index contributed by atoms with van der Waals surface area (Å²) >= 11 is 0. The smallest absolute Gasteiger partial charge is 0.326 e. The van der Waals surface area contributed by atoms with Crippen LogP contribution in [0.2, 0.25) is 0 Å². The Morgan fingerprint density at radius 3 is 2.18 bits per heavy atom. The number of aliphatic carboxylic acids is 1. The van der Waals surface area contributed by atoms with Gasteiger partial charge in [-0.2, -0.15) is 0 Å². The number of rotatable bonds is 14. The molecule has 14 heteroatoms. The van der Waals surface area contributed by atoms with E-state index in [-0.39, 0.29) is 19.3 Å². The standard InChI is InChI=1S/C19H31N7O7/c1-9(2)15(26-16(29)11(20)7-27)18(31)25-13(5-10-6-22-8-23-10)17(30)24-12(19(32)33)3-4-14(21)28/h6,8-9,11-13,15,27H,3-5,7,20H2,1-2H3,(H2,21,28)(H,22,23)(H,24,30)(H,25,31)(H,26,29)(H,32,33). The number of carbonyl (C=O) groups is 5. The van der Waals surface area contributed by atoms with Crippen LogP contribution in [0.5, 0.6) is 0 Å². The molecule has 0 aliphatic carbocycles. The van der Waals surface area contributed by atoms with Crippen molar-refractivity contribution >= 4 is 29.6 Å². The SMILES string of the molecule is CC(C)C(NC(=O)C(N)CO)C(=O)NC(Cc1cnc[nH]1)C(=O)NC(CCC(N)=O)C(=O)O. The Morgan fingerprint density at radius 1 is 1.06 bits per heavy atom. The highest BCUT2D eigenvalue weighted by Gasteiger charge is 2.32. The van der Waals surface area contributed by atoms with E-state index in [9.17, 15) is 29.1 Å². The van der Waals surface area contributed by atoms with Gasteiger partial charge in [0.15, 0.2) is 0 Å². The van der Waals surface area contributed by atoms with Crippen LogP contribution >= 0.6 is 0 Å². The number of imidazole rings is 1.